The van der Waals surface area contributed by atoms with Gasteiger partial charge in [0.15, 0.2) is 0 Å². The number of thiophene rings is 1. The molecule has 0 bridgehead atoms. The van der Waals surface area contributed by atoms with Gasteiger partial charge in [0, 0.05) is 5.38 Å². The van der Waals surface area contributed by atoms with Crippen molar-refractivity contribution in [2.75, 3.05) is 0 Å². The summed E-state index contributed by atoms with van der Waals surface area (Å²) in [6.07, 6.45) is 0. The highest BCUT2D eigenvalue weighted by Gasteiger charge is 2.18. The number of aryl methyl sites for hydroxylation is 1. The van der Waals surface area contributed by atoms with Crippen molar-refractivity contribution in [3.8, 4) is 9.88 Å². The van der Waals surface area contributed by atoms with Crippen LogP contribution in [0.25, 0.3) is 9.88 Å². The van der Waals surface area contributed by atoms with Crippen LogP contribution in [0.4, 0.5) is 0 Å². The lowest BCUT2D eigenvalue weighted by atomic mass is 10.2. The molecule has 3 N–H and O–H groups in total. The molecule has 0 aromatic carbocycles. The molecule has 84 valence electrons. The Balaban J connectivity index is 2.33. The van der Waals surface area contributed by atoms with Gasteiger partial charge >= 0.3 is 5.97 Å². The molecule has 1 unspecified atom stereocenters. The number of aromatic nitrogens is 1. The van der Waals surface area contributed by atoms with Gasteiger partial charge in [0.1, 0.15) is 11.0 Å². The Morgan fingerprint density at radius 3 is 2.88 bits per heavy atom. The first-order chi connectivity index (χ1) is 7.59. The van der Waals surface area contributed by atoms with Crippen LogP contribution in [0.1, 0.15) is 17.3 Å². The van der Waals surface area contributed by atoms with Gasteiger partial charge in [0.05, 0.1) is 10.6 Å². The Bertz CT molecular complexity index is 518. The molecule has 0 aliphatic heterocycles. The van der Waals surface area contributed by atoms with Crippen LogP contribution in [0.3, 0.4) is 0 Å². The molecule has 0 saturated carbocycles. The second-order valence-electron chi connectivity index (χ2n) is 3.33. The average molecular weight is 254 g/mol. The Hall–Kier alpha value is -1.24. The standard InChI is InChI=1S/C10H10N2O2S2/c1-5-2-3-15-8(5)9-12-6(4-16-9)7(11)10(13)14/h2-4,7H,11H2,1H3,(H,13,14). The van der Waals surface area contributed by atoms with Crippen molar-refractivity contribution in [1.29, 1.82) is 0 Å². The Labute approximate surface area is 100 Å². The molecule has 1 atom stereocenters. The number of hydrogen-bond acceptors (Lipinski definition) is 5. The lowest BCUT2D eigenvalue weighted by molar-refractivity contribution is -0.138. The molecular weight excluding hydrogens is 244 g/mol. The first-order valence-corrected chi connectivity index (χ1v) is 6.34. The monoisotopic (exact) mass is 254 g/mol. The highest BCUT2D eigenvalue weighted by Crippen LogP contribution is 2.32. The third-order valence-electron chi connectivity index (χ3n) is 2.16. The second kappa shape index (κ2) is 4.32. The van der Waals surface area contributed by atoms with Crippen LogP contribution in [0, 0.1) is 6.92 Å². The number of nitrogens with zero attached hydrogens (tertiary/aromatic N) is 1. The first-order valence-electron chi connectivity index (χ1n) is 4.58. The largest absolute Gasteiger partial charge is 0.480 e. The minimum Gasteiger partial charge on any atom is -0.480 e. The quantitative estimate of drug-likeness (QED) is 0.881. The molecule has 2 rings (SSSR count). The van der Waals surface area contributed by atoms with Crippen LogP contribution >= 0.6 is 22.7 Å². The molecule has 4 nitrogen and oxygen atoms in total. The van der Waals surface area contributed by atoms with E-state index in [2.05, 4.69) is 4.98 Å². The van der Waals surface area contributed by atoms with Crippen LogP contribution in [0.5, 0.6) is 0 Å². The van der Waals surface area contributed by atoms with E-state index in [0.717, 1.165) is 15.4 Å². The fourth-order valence-corrected chi connectivity index (χ4v) is 3.21. The maximum atomic E-state index is 10.7. The molecule has 0 spiro atoms. The zero-order valence-electron chi connectivity index (χ0n) is 8.51. The Kier molecular flexibility index (Phi) is 3.04. The highest BCUT2D eigenvalue weighted by atomic mass is 32.1. The molecular formula is C10H10N2O2S2. The van der Waals surface area contributed by atoms with Gasteiger partial charge in [-0.05, 0) is 23.9 Å². The maximum Gasteiger partial charge on any atom is 0.326 e. The van der Waals surface area contributed by atoms with Crippen molar-refractivity contribution in [3.05, 3.63) is 28.1 Å². The minimum absolute atomic E-state index is 0.417. The SMILES string of the molecule is Cc1ccsc1-c1nc(C(N)C(=O)O)cs1. The molecule has 2 aromatic rings. The lowest BCUT2D eigenvalue weighted by Crippen LogP contribution is -2.20. The van der Waals surface area contributed by atoms with Crippen molar-refractivity contribution < 1.29 is 9.90 Å². The van der Waals surface area contributed by atoms with Crippen molar-refractivity contribution in [1.82, 2.24) is 4.98 Å². The smallest absolute Gasteiger partial charge is 0.326 e. The zero-order chi connectivity index (χ0) is 11.7. The maximum absolute atomic E-state index is 10.7. The Morgan fingerprint density at radius 1 is 1.56 bits per heavy atom. The fourth-order valence-electron chi connectivity index (χ4n) is 1.25. The van der Waals surface area contributed by atoms with E-state index in [1.54, 1.807) is 16.7 Å². The molecule has 0 aliphatic carbocycles. The molecule has 0 radical (unpaired) electrons. The highest BCUT2D eigenvalue weighted by molar-refractivity contribution is 7.20. The molecule has 0 amide bonds. The average Bonchev–Trinajstić information content (AvgIpc) is 2.84. The van der Waals surface area contributed by atoms with E-state index in [1.165, 1.54) is 11.3 Å². The summed E-state index contributed by atoms with van der Waals surface area (Å²) in [5.74, 6) is -1.06. The predicted molar refractivity (Wildman–Crippen MR) is 64.7 cm³/mol. The van der Waals surface area contributed by atoms with E-state index in [0.29, 0.717) is 5.69 Å². The summed E-state index contributed by atoms with van der Waals surface area (Å²) in [5, 5.41) is 13.3. The van der Waals surface area contributed by atoms with E-state index in [9.17, 15) is 4.79 Å². The summed E-state index contributed by atoms with van der Waals surface area (Å²) in [6.45, 7) is 2.00. The van der Waals surface area contributed by atoms with Gasteiger partial charge in [0.25, 0.3) is 0 Å². The molecule has 2 heterocycles. The molecule has 6 heteroatoms. The number of nitrogens with two attached hydrogens (primary N) is 1. The number of rotatable bonds is 3. The van der Waals surface area contributed by atoms with Gasteiger partial charge in [-0.25, -0.2) is 4.98 Å². The summed E-state index contributed by atoms with van der Waals surface area (Å²) >= 11 is 3.02. The summed E-state index contributed by atoms with van der Waals surface area (Å²) < 4.78 is 0. The van der Waals surface area contributed by atoms with E-state index >= 15 is 0 Å². The number of carboxylic acid groups (broad SMARTS) is 1. The second-order valence-corrected chi connectivity index (χ2v) is 5.10. The molecule has 16 heavy (non-hydrogen) atoms. The van der Waals surface area contributed by atoms with Crippen LogP contribution in [-0.4, -0.2) is 16.1 Å². The number of hydrogen-bond donors (Lipinski definition) is 2. The summed E-state index contributed by atoms with van der Waals surface area (Å²) in [7, 11) is 0. The molecule has 0 saturated heterocycles. The predicted octanol–water partition coefficient (Wildman–Crippen LogP) is 2.26. The third kappa shape index (κ3) is 1.99. The van der Waals surface area contributed by atoms with Crippen LogP contribution in [0.15, 0.2) is 16.8 Å². The van der Waals surface area contributed by atoms with Gasteiger partial charge in [-0.1, -0.05) is 0 Å². The van der Waals surface area contributed by atoms with Gasteiger partial charge in [-0.15, -0.1) is 22.7 Å². The molecule has 0 fully saturated rings. The van der Waals surface area contributed by atoms with Crippen LogP contribution in [0.2, 0.25) is 0 Å². The number of carboxylic acids is 1. The lowest BCUT2D eigenvalue weighted by Gasteiger charge is -2.00. The fraction of sp³-hybridized carbons (Fsp3) is 0.200. The topological polar surface area (TPSA) is 76.2 Å². The van der Waals surface area contributed by atoms with Gasteiger partial charge in [0.2, 0.25) is 0 Å². The van der Waals surface area contributed by atoms with Gasteiger partial charge in [-0.2, -0.15) is 0 Å². The van der Waals surface area contributed by atoms with Crippen molar-refractivity contribution in [2.45, 2.75) is 13.0 Å². The molecule has 0 aliphatic rings. The number of carbonyl (C=O) groups is 1. The normalized spacial score (nSPS) is 12.6. The van der Waals surface area contributed by atoms with Crippen molar-refractivity contribution >= 4 is 28.6 Å². The van der Waals surface area contributed by atoms with Crippen LogP contribution < -0.4 is 5.73 Å². The van der Waals surface area contributed by atoms with E-state index < -0.39 is 12.0 Å². The number of aliphatic carboxylic acids is 1. The van der Waals surface area contributed by atoms with Crippen LogP contribution in [-0.2, 0) is 4.79 Å². The Morgan fingerprint density at radius 2 is 2.31 bits per heavy atom. The van der Waals surface area contributed by atoms with E-state index in [4.69, 9.17) is 10.8 Å². The molecule has 2 aromatic heterocycles. The van der Waals surface area contributed by atoms with Gasteiger partial charge in [-0.3, -0.25) is 4.79 Å². The van der Waals surface area contributed by atoms with Gasteiger partial charge < -0.3 is 10.8 Å². The van der Waals surface area contributed by atoms with E-state index in [1.807, 2.05) is 18.4 Å². The summed E-state index contributed by atoms with van der Waals surface area (Å²) in [5.41, 5.74) is 7.06. The van der Waals surface area contributed by atoms with Crippen molar-refractivity contribution in [2.24, 2.45) is 5.73 Å². The van der Waals surface area contributed by atoms with E-state index in [-0.39, 0.29) is 0 Å². The summed E-state index contributed by atoms with van der Waals surface area (Å²) in [6, 6.07) is 0.975. The summed E-state index contributed by atoms with van der Waals surface area (Å²) in [4.78, 5) is 16.0. The third-order valence-corrected chi connectivity index (χ3v) is 4.19. The zero-order valence-corrected chi connectivity index (χ0v) is 10.1. The van der Waals surface area contributed by atoms with Crippen molar-refractivity contribution in [3.63, 3.8) is 0 Å². The first kappa shape index (κ1) is 11.3. The minimum atomic E-state index is -1.06. The number of thiazole rings is 1.